The normalized spacial score (nSPS) is 60.2. The Labute approximate surface area is 169 Å². The van der Waals surface area contributed by atoms with Crippen LogP contribution in [0.4, 0.5) is 0 Å². The average molecular weight is 393 g/mol. The van der Waals surface area contributed by atoms with Crippen LogP contribution in [0.25, 0.3) is 0 Å². The molecule has 5 aliphatic rings. The predicted molar refractivity (Wildman–Crippen MR) is 107 cm³/mol. The first-order chi connectivity index (χ1) is 13.2. The van der Waals surface area contributed by atoms with Crippen LogP contribution in [0.1, 0.15) is 84.5 Å². The molecule has 10 atom stereocenters. The molecule has 4 N–H and O–H groups in total. The number of fused-ring (bicyclic) bond motifs is 6. The maximum absolute atomic E-state index is 11.8. The van der Waals surface area contributed by atoms with Crippen LogP contribution in [-0.4, -0.2) is 44.3 Å². The van der Waals surface area contributed by atoms with Gasteiger partial charge in [-0.05, 0) is 92.8 Å². The van der Waals surface area contributed by atoms with E-state index in [0.29, 0.717) is 36.5 Å². The summed E-state index contributed by atoms with van der Waals surface area (Å²) >= 11 is 0. The molecular formula is C24H40O4. The monoisotopic (exact) mass is 392 g/mol. The van der Waals surface area contributed by atoms with Gasteiger partial charge in [-0.25, -0.2) is 0 Å². The van der Waals surface area contributed by atoms with E-state index in [1.165, 1.54) is 19.3 Å². The van der Waals surface area contributed by atoms with Crippen molar-refractivity contribution in [3.8, 4) is 0 Å². The Balaban J connectivity index is 1.46. The Hall–Kier alpha value is -0.160. The lowest BCUT2D eigenvalue weighted by Crippen LogP contribution is -2.71. The molecule has 0 aromatic carbocycles. The number of aliphatic hydroxyl groups is 4. The lowest BCUT2D eigenvalue weighted by atomic mass is 9.38. The molecule has 5 aliphatic carbocycles. The van der Waals surface area contributed by atoms with Crippen molar-refractivity contribution in [2.75, 3.05) is 6.61 Å². The molecule has 28 heavy (non-hydrogen) atoms. The van der Waals surface area contributed by atoms with E-state index in [4.69, 9.17) is 0 Å². The van der Waals surface area contributed by atoms with Crippen LogP contribution < -0.4 is 0 Å². The summed E-state index contributed by atoms with van der Waals surface area (Å²) in [6.07, 6.45) is 9.95. The summed E-state index contributed by atoms with van der Waals surface area (Å²) in [5.41, 5.74) is -1.53. The van der Waals surface area contributed by atoms with Gasteiger partial charge in [-0.2, -0.15) is 0 Å². The SMILES string of the molecule is C[C@]12CC[C@H]3[C@@H]([C@@H](O)C[C@]4(O)C[C@]5(O)CCC5C[C@]34C)[C@@H]1CC[C@H]2CCCO. The van der Waals surface area contributed by atoms with Gasteiger partial charge in [-0.1, -0.05) is 13.8 Å². The molecule has 5 fully saturated rings. The zero-order valence-corrected chi connectivity index (χ0v) is 17.7. The van der Waals surface area contributed by atoms with Crippen LogP contribution >= 0.6 is 0 Å². The molecule has 0 amide bonds. The second-order valence-corrected chi connectivity index (χ2v) is 11.9. The second kappa shape index (κ2) is 6.18. The topological polar surface area (TPSA) is 80.9 Å². The molecule has 4 heteroatoms. The Bertz CT molecular complexity index is 638. The quantitative estimate of drug-likeness (QED) is 0.594. The third-order valence-electron chi connectivity index (χ3n) is 11.1. The van der Waals surface area contributed by atoms with Crippen molar-refractivity contribution in [2.24, 2.45) is 40.4 Å². The van der Waals surface area contributed by atoms with Gasteiger partial charge < -0.3 is 20.4 Å². The van der Waals surface area contributed by atoms with Gasteiger partial charge in [-0.3, -0.25) is 0 Å². The van der Waals surface area contributed by atoms with Gasteiger partial charge >= 0.3 is 0 Å². The van der Waals surface area contributed by atoms with E-state index >= 15 is 0 Å². The van der Waals surface area contributed by atoms with E-state index in [9.17, 15) is 20.4 Å². The van der Waals surface area contributed by atoms with E-state index in [2.05, 4.69) is 13.8 Å². The fourth-order valence-corrected chi connectivity index (χ4v) is 9.30. The molecule has 5 rings (SSSR count). The van der Waals surface area contributed by atoms with Gasteiger partial charge in [-0.15, -0.1) is 0 Å². The molecule has 1 unspecified atom stereocenters. The van der Waals surface area contributed by atoms with Gasteiger partial charge in [0.15, 0.2) is 0 Å². The molecule has 0 saturated heterocycles. The largest absolute Gasteiger partial charge is 0.396 e. The maximum Gasteiger partial charge on any atom is 0.0756 e. The lowest BCUT2D eigenvalue weighted by molar-refractivity contribution is -0.294. The molecule has 0 bridgehead atoms. The summed E-state index contributed by atoms with van der Waals surface area (Å²) in [4.78, 5) is 0. The highest BCUT2D eigenvalue weighted by Gasteiger charge is 2.70. The van der Waals surface area contributed by atoms with Crippen molar-refractivity contribution < 1.29 is 20.4 Å². The Kier molecular flexibility index (Phi) is 4.37. The standard InChI is InChI=1S/C24H40O4/c1-21-9-8-18-20(17(21)6-5-15(21)4-3-11-25)19(26)13-24(28)14-23(27)10-7-16(23)12-22(18,24)2/h15-20,25-28H,3-14H2,1-2H3/t15-,16?,17+,18+,19+,20+,21-,22-,23-,24+/m1/s1. The maximum atomic E-state index is 11.8. The third-order valence-corrected chi connectivity index (χ3v) is 11.1. The first-order valence-corrected chi connectivity index (χ1v) is 11.9. The van der Waals surface area contributed by atoms with Crippen LogP contribution in [0.15, 0.2) is 0 Å². The Morgan fingerprint density at radius 2 is 1.71 bits per heavy atom. The summed E-state index contributed by atoms with van der Waals surface area (Å²) in [6, 6.07) is 0. The van der Waals surface area contributed by atoms with Crippen LogP contribution in [0.2, 0.25) is 0 Å². The van der Waals surface area contributed by atoms with E-state index in [0.717, 1.165) is 38.5 Å². The summed E-state index contributed by atoms with van der Waals surface area (Å²) in [6.45, 7) is 5.01. The molecule has 0 aliphatic heterocycles. The highest BCUT2D eigenvalue weighted by molar-refractivity contribution is 5.21. The Morgan fingerprint density at radius 3 is 2.39 bits per heavy atom. The fraction of sp³-hybridized carbons (Fsp3) is 1.00. The highest BCUT2D eigenvalue weighted by atomic mass is 16.3. The predicted octanol–water partition coefficient (Wildman–Crippen LogP) is 3.25. The molecule has 0 aromatic heterocycles. The van der Waals surface area contributed by atoms with Crippen LogP contribution in [0.5, 0.6) is 0 Å². The average Bonchev–Trinajstić information content (AvgIpc) is 2.96. The molecular weight excluding hydrogens is 352 g/mol. The molecule has 5 saturated carbocycles. The van der Waals surface area contributed by atoms with E-state index in [1.807, 2.05) is 0 Å². The highest BCUT2D eigenvalue weighted by Crippen LogP contribution is 2.71. The van der Waals surface area contributed by atoms with Gasteiger partial charge in [0.1, 0.15) is 0 Å². The van der Waals surface area contributed by atoms with Gasteiger partial charge in [0.05, 0.1) is 17.3 Å². The minimum Gasteiger partial charge on any atom is -0.396 e. The zero-order valence-electron chi connectivity index (χ0n) is 17.7. The molecule has 0 heterocycles. The van der Waals surface area contributed by atoms with Crippen LogP contribution in [0.3, 0.4) is 0 Å². The molecule has 4 nitrogen and oxygen atoms in total. The minimum atomic E-state index is -0.929. The lowest BCUT2D eigenvalue weighted by Gasteiger charge is -2.69. The van der Waals surface area contributed by atoms with E-state index < -0.39 is 17.3 Å². The molecule has 0 spiro atoms. The number of aliphatic hydroxyl groups excluding tert-OH is 2. The van der Waals surface area contributed by atoms with Crippen LogP contribution in [-0.2, 0) is 0 Å². The molecule has 160 valence electrons. The zero-order chi connectivity index (χ0) is 19.9. The number of hydrogen-bond acceptors (Lipinski definition) is 4. The van der Waals surface area contributed by atoms with Crippen molar-refractivity contribution in [1.82, 2.24) is 0 Å². The van der Waals surface area contributed by atoms with Crippen molar-refractivity contribution in [2.45, 2.75) is 102 Å². The van der Waals surface area contributed by atoms with Crippen molar-refractivity contribution >= 4 is 0 Å². The van der Waals surface area contributed by atoms with Crippen molar-refractivity contribution in [3.63, 3.8) is 0 Å². The fourth-order valence-electron chi connectivity index (χ4n) is 9.30. The van der Waals surface area contributed by atoms with Crippen molar-refractivity contribution in [3.05, 3.63) is 0 Å². The summed E-state index contributed by atoms with van der Waals surface area (Å²) in [7, 11) is 0. The molecule has 0 aromatic rings. The van der Waals surface area contributed by atoms with Gasteiger partial charge in [0.2, 0.25) is 0 Å². The Morgan fingerprint density at radius 1 is 0.929 bits per heavy atom. The van der Waals surface area contributed by atoms with Crippen LogP contribution in [0, 0.1) is 40.4 Å². The first-order valence-electron chi connectivity index (χ1n) is 11.9. The van der Waals surface area contributed by atoms with E-state index in [-0.39, 0.29) is 23.4 Å². The summed E-state index contributed by atoms with van der Waals surface area (Å²) in [5.74, 6) is 2.18. The third kappa shape index (κ3) is 2.38. The smallest absolute Gasteiger partial charge is 0.0756 e. The second-order valence-electron chi connectivity index (χ2n) is 11.9. The van der Waals surface area contributed by atoms with Gasteiger partial charge in [0.25, 0.3) is 0 Å². The molecule has 0 radical (unpaired) electrons. The van der Waals surface area contributed by atoms with Crippen molar-refractivity contribution in [1.29, 1.82) is 0 Å². The summed E-state index contributed by atoms with van der Waals surface area (Å²) in [5, 5.41) is 43.4. The minimum absolute atomic E-state index is 0.182. The number of hydrogen-bond donors (Lipinski definition) is 4. The number of rotatable bonds is 3. The van der Waals surface area contributed by atoms with E-state index in [1.54, 1.807) is 0 Å². The summed E-state index contributed by atoms with van der Waals surface area (Å²) < 4.78 is 0. The first kappa shape index (κ1) is 19.8. The van der Waals surface area contributed by atoms with Gasteiger partial charge in [0, 0.05) is 24.9 Å².